The van der Waals surface area contributed by atoms with E-state index in [4.69, 9.17) is 35.6 Å². The Kier molecular flexibility index (Phi) is 10.0. The summed E-state index contributed by atoms with van der Waals surface area (Å²) in [5, 5.41) is 5.72. The van der Waals surface area contributed by atoms with E-state index < -0.39 is 0 Å². The number of hydrogen-bond acceptors (Lipinski definition) is 10. The molecule has 348 valence electrons. The molecule has 2 aliphatic carbocycles. The molecule has 16 nitrogen and oxygen atoms in total. The van der Waals surface area contributed by atoms with Crippen LogP contribution in [-0.4, -0.2) is 109 Å². The van der Waals surface area contributed by atoms with Crippen LogP contribution in [0.4, 0.5) is 0 Å². The van der Waals surface area contributed by atoms with Crippen LogP contribution < -0.4 is 11.1 Å². The normalized spacial score (nSPS) is 20.6. The van der Waals surface area contributed by atoms with Crippen molar-refractivity contribution in [2.24, 2.45) is 43.5 Å². The summed E-state index contributed by atoms with van der Waals surface area (Å²) in [4.78, 5) is 61.2. The molecule has 0 aromatic carbocycles. The predicted octanol–water partition coefficient (Wildman–Crippen LogP) is 6.87. The molecular weight excluding hydrogens is 853 g/mol. The minimum atomic E-state index is -0.191. The van der Waals surface area contributed by atoms with Crippen molar-refractivity contribution in [1.82, 2.24) is 63.3 Å². The molecule has 3 saturated heterocycles. The highest BCUT2D eigenvalue weighted by Gasteiger charge is 2.35. The molecule has 3 N–H and O–H groups in total. The van der Waals surface area contributed by atoms with Crippen molar-refractivity contribution >= 4 is 56.2 Å². The summed E-state index contributed by atoms with van der Waals surface area (Å²) in [6.45, 7) is 5.69. The molecule has 5 fully saturated rings. The number of nitrogens with one attached hydrogen (secondary N) is 1. The number of imidazole rings is 2. The second-order valence-corrected chi connectivity index (χ2v) is 20.6. The van der Waals surface area contributed by atoms with Crippen LogP contribution in [0.15, 0.2) is 67.3 Å². The van der Waals surface area contributed by atoms with Gasteiger partial charge in [0, 0.05) is 101 Å². The number of carbonyl (C=O) groups is 2. The smallest absolute Gasteiger partial charge is 0.255 e. The number of aryl methyl sites for hydroxylation is 2. The van der Waals surface area contributed by atoms with Crippen LogP contribution in [0.25, 0.3) is 67.4 Å². The third-order valence-electron chi connectivity index (χ3n) is 15.9. The number of aromatic nitrogens is 10. The van der Waals surface area contributed by atoms with Gasteiger partial charge >= 0.3 is 0 Å². The number of nitrogens with two attached hydrogens (primary N) is 1. The number of piperidine rings is 2. The van der Waals surface area contributed by atoms with E-state index >= 15 is 0 Å². The van der Waals surface area contributed by atoms with Gasteiger partial charge in [-0.1, -0.05) is 0 Å². The maximum Gasteiger partial charge on any atom is 0.255 e. The number of amides is 2. The van der Waals surface area contributed by atoms with Gasteiger partial charge in [0.05, 0.1) is 22.5 Å². The molecule has 16 heteroatoms. The predicted molar refractivity (Wildman–Crippen MR) is 261 cm³/mol. The largest absolute Gasteiger partial charge is 0.339 e. The third kappa shape index (κ3) is 7.34. The standard InChI is InChI=1S/C52H58N14O2/c1-61-47-40(59-49(61)43-22-34-4-3-13-55-45(34)65(43)27-31-5-6-31)20-37(25-57-47)51(67)63-15-10-30(11-16-63)18-39(53)36-19-35-23-44(66(28-32-7-8-32)46(35)56-24-36)50-60-41-21-38(26-58-48(41)62(50)2)52(68)64-17-12-33-9-14-54-42(33)29-64/h3-4,13,19-26,30-33,39,42,54H,5-12,14-18,27-29,53H2,1-2H3/t33-,39?,42+/m1/s1. The molecule has 3 atom stereocenters. The van der Waals surface area contributed by atoms with E-state index in [-0.39, 0.29) is 17.9 Å². The molecule has 68 heavy (non-hydrogen) atoms. The first-order chi connectivity index (χ1) is 33.2. The van der Waals surface area contributed by atoms with Crippen molar-refractivity contribution in [2.75, 3.05) is 32.7 Å². The molecule has 3 aliphatic heterocycles. The van der Waals surface area contributed by atoms with Gasteiger partial charge in [0.2, 0.25) is 0 Å². The third-order valence-corrected chi connectivity index (χ3v) is 15.9. The van der Waals surface area contributed by atoms with Crippen LogP contribution in [0.5, 0.6) is 0 Å². The van der Waals surface area contributed by atoms with Gasteiger partial charge in [-0.05, 0) is 136 Å². The van der Waals surface area contributed by atoms with Crippen molar-refractivity contribution in [3.05, 3.63) is 83.9 Å². The fourth-order valence-electron chi connectivity index (χ4n) is 11.6. The highest BCUT2D eigenvalue weighted by molar-refractivity contribution is 5.98. The Hall–Kier alpha value is -6.52. The molecule has 0 radical (unpaired) electrons. The van der Waals surface area contributed by atoms with Crippen molar-refractivity contribution in [3.8, 4) is 23.0 Å². The molecule has 8 aromatic heterocycles. The van der Waals surface area contributed by atoms with Gasteiger partial charge in [0.15, 0.2) is 22.9 Å². The van der Waals surface area contributed by atoms with Crippen LogP contribution in [0.3, 0.4) is 0 Å². The minimum absolute atomic E-state index is 0.00932. The minimum Gasteiger partial charge on any atom is -0.339 e. The van der Waals surface area contributed by atoms with E-state index in [0.29, 0.717) is 65.0 Å². The maximum absolute atomic E-state index is 14.0. The monoisotopic (exact) mass is 910 g/mol. The summed E-state index contributed by atoms with van der Waals surface area (Å²) in [5.41, 5.74) is 16.0. The van der Waals surface area contributed by atoms with Gasteiger partial charge in [-0.2, -0.15) is 0 Å². The summed E-state index contributed by atoms with van der Waals surface area (Å²) in [6.07, 6.45) is 16.9. The Morgan fingerprint density at radius 1 is 0.662 bits per heavy atom. The number of carbonyl (C=O) groups excluding carboxylic acids is 2. The number of hydrogen-bond donors (Lipinski definition) is 2. The van der Waals surface area contributed by atoms with Gasteiger partial charge in [0.1, 0.15) is 22.3 Å². The van der Waals surface area contributed by atoms with Crippen LogP contribution >= 0.6 is 0 Å². The highest BCUT2D eigenvalue weighted by atomic mass is 16.2. The molecule has 2 saturated carbocycles. The zero-order valence-electron chi connectivity index (χ0n) is 38.9. The average molecular weight is 911 g/mol. The van der Waals surface area contributed by atoms with Gasteiger partial charge in [-0.15, -0.1) is 0 Å². The van der Waals surface area contributed by atoms with Crippen LogP contribution in [0.2, 0.25) is 0 Å². The van der Waals surface area contributed by atoms with Crippen LogP contribution in [0.1, 0.15) is 90.1 Å². The molecule has 2 amide bonds. The van der Waals surface area contributed by atoms with E-state index in [1.54, 1.807) is 12.4 Å². The van der Waals surface area contributed by atoms with Gasteiger partial charge in [0.25, 0.3) is 11.8 Å². The molecule has 5 aliphatic rings. The number of nitrogens with zero attached hydrogens (tertiary/aromatic N) is 12. The van der Waals surface area contributed by atoms with E-state index in [1.165, 1.54) is 32.1 Å². The Morgan fingerprint density at radius 2 is 1.25 bits per heavy atom. The second kappa shape index (κ2) is 16.3. The van der Waals surface area contributed by atoms with Crippen LogP contribution in [0, 0.1) is 23.7 Å². The van der Waals surface area contributed by atoms with Crippen molar-refractivity contribution in [3.63, 3.8) is 0 Å². The van der Waals surface area contributed by atoms with Gasteiger partial charge in [-0.25, -0.2) is 29.9 Å². The van der Waals surface area contributed by atoms with E-state index in [0.717, 1.165) is 120 Å². The molecule has 13 rings (SSSR count). The molecule has 11 heterocycles. The van der Waals surface area contributed by atoms with Crippen molar-refractivity contribution in [2.45, 2.75) is 83.0 Å². The maximum atomic E-state index is 14.0. The van der Waals surface area contributed by atoms with Gasteiger partial charge < -0.3 is 39.1 Å². The Bertz CT molecular complexity index is 3290. The Morgan fingerprint density at radius 3 is 1.90 bits per heavy atom. The van der Waals surface area contributed by atoms with Crippen LogP contribution in [-0.2, 0) is 27.2 Å². The summed E-state index contributed by atoms with van der Waals surface area (Å²) in [6, 6.07) is 14.7. The highest BCUT2D eigenvalue weighted by Crippen LogP contribution is 2.39. The zero-order chi connectivity index (χ0) is 45.8. The first kappa shape index (κ1) is 41.7. The van der Waals surface area contributed by atoms with Gasteiger partial charge in [-0.3, -0.25) is 9.59 Å². The first-order valence-corrected chi connectivity index (χ1v) is 24.9. The van der Waals surface area contributed by atoms with Crippen molar-refractivity contribution in [1.29, 1.82) is 0 Å². The zero-order valence-corrected chi connectivity index (χ0v) is 38.9. The molecule has 0 bridgehead atoms. The fraction of sp³-hybridized carbons (Fsp3) is 0.462. The van der Waals surface area contributed by atoms with E-state index in [2.05, 4.69) is 38.7 Å². The lowest BCUT2D eigenvalue weighted by atomic mass is 9.88. The Balaban J connectivity index is 0.693. The second-order valence-electron chi connectivity index (χ2n) is 20.6. The SMILES string of the molecule is Cn1c(-c2cc3cccnc3n2CC2CC2)nc2cc(C(=O)N3CCC(CC(N)c4cnc5c(c4)cc(-c4nc6cc(C(=O)N7CC[C@H]8CCN[C@H]8C7)cnc6n4C)n5CC4CC4)CC3)cnc21. The number of fused-ring (bicyclic) bond motifs is 5. The van der Waals surface area contributed by atoms with E-state index in [1.807, 2.05) is 63.6 Å². The first-order valence-electron chi connectivity index (χ1n) is 24.9. The molecule has 1 unspecified atom stereocenters. The fourth-order valence-corrected chi connectivity index (χ4v) is 11.6. The number of rotatable bonds is 11. The summed E-state index contributed by atoms with van der Waals surface area (Å²) < 4.78 is 8.68. The quantitative estimate of drug-likeness (QED) is 0.139. The average Bonchev–Trinajstić information content (AvgIpc) is 4.16. The summed E-state index contributed by atoms with van der Waals surface area (Å²) in [7, 11) is 4.00. The summed E-state index contributed by atoms with van der Waals surface area (Å²) >= 11 is 0. The number of likely N-dealkylation sites (tertiary alicyclic amines) is 2. The molecule has 0 spiro atoms. The Labute approximate surface area is 394 Å². The summed E-state index contributed by atoms with van der Waals surface area (Å²) in [5.74, 6) is 3.98. The lowest BCUT2D eigenvalue weighted by Crippen LogP contribution is -2.48. The lowest BCUT2D eigenvalue weighted by molar-refractivity contribution is 0.0666. The topological polar surface area (TPSA) is 176 Å². The van der Waals surface area contributed by atoms with Crippen molar-refractivity contribution < 1.29 is 9.59 Å². The molecule has 8 aromatic rings. The lowest BCUT2D eigenvalue weighted by Gasteiger charge is -2.34. The van der Waals surface area contributed by atoms with E-state index in [9.17, 15) is 9.59 Å². The molecular formula is C52H58N14O2. The number of pyridine rings is 4.